The molecule has 1 aliphatic rings. The second kappa shape index (κ2) is 6.93. The van der Waals surface area contributed by atoms with Gasteiger partial charge in [-0.3, -0.25) is 9.59 Å². The van der Waals surface area contributed by atoms with Gasteiger partial charge in [-0.05, 0) is 44.4 Å². The highest BCUT2D eigenvalue weighted by Crippen LogP contribution is 2.36. The van der Waals surface area contributed by atoms with E-state index in [2.05, 4.69) is 24.5 Å². The first-order valence-corrected chi connectivity index (χ1v) is 8.76. The topological polar surface area (TPSA) is 84.2 Å². The lowest BCUT2D eigenvalue weighted by molar-refractivity contribution is -0.115. The largest absolute Gasteiger partial charge is 0.346 e. The Bertz CT molecular complexity index is 618. The molecular weight excluding hydrogens is 310 g/mol. The van der Waals surface area contributed by atoms with E-state index in [1.54, 1.807) is 12.1 Å². The van der Waals surface area contributed by atoms with Gasteiger partial charge in [-0.15, -0.1) is 11.8 Å². The van der Waals surface area contributed by atoms with Gasteiger partial charge in [0.2, 0.25) is 5.91 Å². The maximum Gasteiger partial charge on any atom is 0.251 e. The monoisotopic (exact) mass is 335 g/mol. The highest BCUT2D eigenvalue weighted by molar-refractivity contribution is 8.00. The van der Waals surface area contributed by atoms with E-state index in [0.29, 0.717) is 23.7 Å². The Morgan fingerprint density at radius 2 is 2.17 bits per heavy atom. The second-order valence-electron chi connectivity index (χ2n) is 6.78. The molecule has 0 fully saturated rings. The van der Waals surface area contributed by atoms with Gasteiger partial charge in [0.1, 0.15) is 0 Å². The number of anilines is 1. The van der Waals surface area contributed by atoms with Gasteiger partial charge in [-0.1, -0.05) is 13.8 Å². The van der Waals surface area contributed by atoms with E-state index in [1.165, 1.54) is 11.8 Å². The van der Waals surface area contributed by atoms with Gasteiger partial charge in [-0.25, -0.2) is 0 Å². The van der Waals surface area contributed by atoms with E-state index in [4.69, 9.17) is 5.73 Å². The molecule has 5 nitrogen and oxygen atoms in total. The molecule has 4 N–H and O–H groups in total. The first kappa shape index (κ1) is 17.8. The summed E-state index contributed by atoms with van der Waals surface area (Å²) in [6, 6.07) is 5.40. The minimum Gasteiger partial charge on any atom is -0.346 e. The van der Waals surface area contributed by atoms with Crippen LogP contribution in [-0.4, -0.2) is 29.1 Å². The molecule has 0 radical (unpaired) electrons. The summed E-state index contributed by atoms with van der Waals surface area (Å²) in [4.78, 5) is 25.3. The van der Waals surface area contributed by atoms with Gasteiger partial charge in [0.15, 0.2) is 0 Å². The molecule has 1 aromatic carbocycles. The first-order valence-electron chi connectivity index (χ1n) is 7.88. The van der Waals surface area contributed by atoms with E-state index in [-0.39, 0.29) is 17.1 Å². The summed E-state index contributed by atoms with van der Waals surface area (Å²) in [6.07, 6.45) is 0.810. The van der Waals surface area contributed by atoms with Crippen molar-refractivity contribution in [1.29, 1.82) is 0 Å². The van der Waals surface area contributed by atoms with Gasteiger partial charge in [0.05, 0.1) is 10.9 Å². The van der Waals surface area contributed by atoms with Crippen LogP contribution >= 0.6 is 11.8 Å². The second-order valence-corrected chi connectivity index (χ2v) is 8.16. The number of carbonyl (C=O) groups is 2. The van der Waals surface area contributed by atoms with Crippen LogP contribution in [0.5, 0.6) is 0 Å². The zero-order valence-corrected chi connectivity index (χ0v) is 14.9. The maximum atomic E-state index is 12.5. The number of thioether (sulfide) groups is 1. The average Bonchev–Trinajstić information content (AvgIpc) is 2.47. The van der Waals surface area contributed by atoms with Crippen LogP contribution < -0.4 is 16.4 Å². The summed E-state index contributed by atoms with van der Waals surface area (Å²) < 4.78 is 0. The number of nitrogens with two attached hydrogens (primary N) is 1. The molecule has 0 aromatic heterocycles. The number of carbonyl (C=O) groups excluding carboxylic acids is 2. The summed E-state index contributed by atoms with van der Waals surface area (Å²) in [5, 5.41) is 5.77. The van der Waals surface area contributed by atoms with Crippen molar-refractivity contribution in [2.45, 2.75) is 49.8 Å². The summed E-state index contributed by atoms with van der Waals surface area (Å²) in [5.74, 6) is 0.232. The Hall–Kier alpha value is -1.53. The highest BCUT2D eigenvalue weighted by atomic mass is 32.2. The van der Waals surface area contributed by atoms with Gasteiger partial charge >= 0.3 is 0 Å². The molecule has 2 atom stereocenters. The van der Waals surface area contributed by atoms with E-state index in [9.17, 15) is 9.59 Å². The smallest absolute Gasteiger partial charge is 0.251 e. The molecule has 1 aromatic rings. The van der Waals surface area contributed by atoms with Crippen molar-refractivity contribution in [3.63, 3.8) is 0 Å². The maximum absolute atomic E-state index is 12.5. The fourth-order valence-corrected chi connectivity index (χ4v) is 3.71. The van der Waals surface area contributed by atoms with E-state index in [1.807, 2.05) is 19.9 Å². The van der Waals surface area contributed by atoms with Gasteiger partial charge in [0, 0.05) is 22.5 Å². The van der Waals surface area contributed by atoms with Crippen LogP contribution in [0.1, 0.15) is 44.5 Å². The number of hydrogen-bond donors (Lipinski definition) is 3. The molecular formula is C17H25N3O2S. The Labute approximate surface area is 141 Å². The molecule has 0 saturated heterocycles. The van der Waals surface area contributed by atoms with Crippen LogP contribution in [0.3, 0.4) is 0 Å². The lowest BCUT2D eigenvalue weighted by Crippen LogP contribution is -2.52. The van der Waals surface area contributed by atoms with Gasteiger partial charge in [0.25, 0.3) is 5.91 Å². The third-order valence-corrected chi connectivity index (χ3v) is 5.07. The molecule has 23 heavy (non-hydrogen) atoms. The molecule has 2 unspecified atom stereocenters. The number of fused-ring (bicyclic) bond motifs is 1. The number of amides is 2. The third kappa shape index (κ3) is 4.26. The quantitative estimate of drug-likeness (QED) is 0.772. The average molecular weight is 335 g/mol. The molecule has 6 heteroatoms. The minimum absolute atomic E-state index is 0.0355. The van der Waals surface area contributed by atoms with E-state index >= 15 is 0 Å². The van der Waals surface area contributed by atoms with Gasteiger partial charge < -0.3 is 16.4 Å². The molecule has 2 rings (SSSR count). The van der Waals surface area contributed by atoms with E-state index < -0.39 is 5.54 Å². The van der Waals surface area contributed by atoms with Crippen LogP contribution in [0.2, 0.25) is 0 Å². The van der Waals surface area contributed by atoms with Crippen LogP contribution in [0.4, 0.5) is 5.69 Å². The van der Waals surface area contributed by atoms with Crippen LogP contribution in [0.25, 0.3) is 0 Å². The molecule has 126 valence electrons. The predicted molar refractivity (Wildman–Crippen MR) is 94.8 cm³/mol. The zero-order chi connectivity index (χ0) is 17.2. The van der Waals surface area contributed by atoms with Crippen molar-refractivity contribution >= 4 is 29.3 Å². The molecule has 0 bridgehead atoms. The summed E-state index contributed by atoms with van der Waals surface area (Å²) >= 11 is 1.50. The lowest BCUT2D eigenvalue weighted by atomic mass is 9.90. The molecule has 0 aliphatic carbocycles. The SMILES string of the molecule is CC(C)CC(C)(CN)NC(=O)c1ccc2c(c1)NC(=O)C(C)S2. The number of hydrogen-bond acceptors (Lipinski definition) is 4. The molecule has 2 amide bonds. The Morgan fingerprint density at radius 1 is 1.48 bits per heavy atom. The third-order valence-electron chi connectivity index (χ3n) is 3.90. The fraction of sp³-hybridized carbons (Fsp3) is 0.529. The molecule has 1 aliphatic heterocycles. The fourth-order valence-electron chi connectivity index (χ4n) is 2.78. The standard InChI is InChI=1S/C17H25N3O2S/c1-10(2)8-17(4,9-18)20-16(22)12-5-6-14-13(7-12)19-15(21)11(3)23-14/h5-7,10-11H,8-9,18H2,1-4H3,(H,19,21)(H,20,22). The molecule has 0 spiro atoms. The van der Waals surface area contributed by atoms with Crippen LogP contribution in [0, 0.1) is 5.92 Å². The van der Waals surface area contributed by atoms with Crippen LogP contribution in [-0.2, 0) is 4.79 Å². The minimum atomic E-state index is -0.437. The Morgan fingerprint density at radius 3 is 2.78 bits per heavy atom. The van der Waals surface area contributed by atoms with E-state index in [0.717, 1.165) is 11.3 Å². The molecule has 1 heterocycles. The Balaban J connectivity index is 2.17. The van der Waals surface area contributed by atoms with Crippen molar-refractivity contribution < 1.29 is 9.59 Å². The highest BCUT2D eigenvalue weighted by Gasteiger charge is 2.28. The van der Waals surface area contributed by atoms with Crippen LogP contribution in [0.15, 0.2) is 23.1 Å². The zero-order valence-electron chi connectivity index (χ0n) is 14.1. The Kier molecular flexibility index (Phi) is 5.37. The number of benzene rings is 1. The summed E-state index contributed by atoms with van der Waals surface area (Å²) in [7, 11) is 0. The summed E-state index contributed by atoms with van der Waals surface area (Å²) in [6.45, 7) is 8.41. The first-order chi connectivity index (χ1) is 10.7. The normalized spacial score (nSPS) is 19.7. The van der Waals surface area contributed by atoms with Crippen molar-refractivity contribution in [1.82, 2.24) is 5.32 Å². The van der Waals surface area contributed by atoms with Crippen molar-refractivity contribution in [2.24, 2.45) is 11.7 Å². The van der Waals surface area contributed by atoms with Crippen molar-refractivity contribution in [2.75, 3.05) is 11.9 Å². The predicted octanol–water partition coefficient (Wildman–Crippen LogP) is 2.61. The van der Waals surface area contributed by atoms with Crippen molar-refractivity contribution in [3.8, 4) is 0 Å². The van der Waals surface area contributed by atoms with Crippen molar-refractivity contribution in [3.05, 3.63) is 23.8 Å². The number of rotatable bonds is 5. The lowest BCUT2D eigenvalue weighted by Gasteiger charge is -2.31. The molecule has 0 saturated carbocycles. The number of nitrogens with one attached hydrogen (secondary N) is 2. The summed E-state index contributed by atoms with van der Waals surface area (Å²) in [5.41, 5.74) is 6.64. The van der Waals surface area contributed by atoms with Gasteiger partial charge in [-0.2, -0.15) is 0 Å².